The SMILES string of the molecule is O=C1c2cc(Br)c(Br)c(Br)c2C(=O)c2c(Br)c(Br)c(Br)c(Br)c21. The third kappa shape index (κ3) is 2.77. The molecule has 0 aliphatic heterocycles. The lowest BCUT2D eigenvalue weighted by molar-refractivity contribution is 0.0977. The number of rotatable bonds is 0. The average Bonchev–Trinajstić information content (AvgIpc) is 2.51. The van der Waals surface area contributed by atoms with Crippen LogP contribution in [0.4, 0.5) is 0 Å². The first-order valence-electron chi connectivity index (χ1n) is 5.81. The Morgan fingerprint density at radius 1 is 0.522 bits per heavy atom. The Morgan fingerprint density at radius 2 is 0.957 bits per heavy atom. The maximum atomic E-state index is 13.1. The number of fused-ring (bicyclic) bond motifs is 2. The smallest absolute Gasteiger partial charge is 0.196 e. The first-order chi connectivity index (χ1) is 10.7. The Labute approximate surface area is 190 Å². The minimum Gasteiger partial charge on any atom is -0.289 e. The Hall–Kier alpha value is 1.14. The molecule has 2 aromatic carbocycles. The van der Waals surface area contributed by atoms with Crippen LogP contribution < -0.4 is 0 Å². The van der Waals surface area contributed by atoms with Gasteiger partial charge in [0, 0.05) is 42.4 Å². The van der Waals surface area contributed by atoms with Crippen molar-refractivity contribution in [1.29, 1.82) is 0 Å². The van der Waals surface area contributed by atoms with E-state index in [1.54, 1.807) is 6.07 Å². The average molecular weight is 760 g/mol. The van der Waals surface area contributed by atoms with Gasteiger partial charge in [-0.1, -0.05) is 0 Å². The molecule has 9 heteroatoms. The lowest BCUT2D eigenvalue weighted by atomic mass is 9.84. The second kappa shape index (κ2) is 6.70. The van der Waals surface area contributed by atoms with Gasteiger partial charge in [0.25, 0.3) is 0 Å². The maximum Gasteiger partial charge on any atom is 0.196 e. The van der Waals surface area contributed by atoms with E-state index in [-0.39, 0.29) is 11.6 Å². The second-order valence-corrected chi connectivity index (χ2v) is 10.2. The molecule has 0 heterocycles. The zero-order valence-electron chi connectivity index (χ0n) is 10.5. The number of carbonyl (C=O) groups excluding carboxylic acids is 2. The summed E-state index contributed by atoms with van der Waals surface area (Å²) in [5.74, 6) is -0.445. The lowest BCUT2D eigenvalue weighted by Crippen LogP contribution is -2.23. The molecule has 0 amide bonds. The van der Waals surface area contributed by atoms with Crippen molar-refractivity contribution < 1.29 is 9.59 Å². The minimum atomic E-state index is -0.226. The normalized spacial score (nSPS) is 13.2. The molecule has 2 nitrogen and oxygen atoms in total. The van der Waals surface area contributed by atoms with Gasteiger partial charge >= 0.3 is 0 Å². The zero-order valence-corrected chi connectivity index (χ0v) is 21.6. The standard InChI is InChI=1S/C14HBr7O2/c15-3-1-2-4(8(17)7(3)16)14(23)6-5(13(2)22)9(18)11(20)12(21)10(6)19/h1H. The van der Waals surface area contributed by atoms with Gasteiger partial charge in [-0.15, -0.1) is 0 Å². The van der Waals surface area contributed by atoms with Crippen LogP contribution in [-0.4, -0.2) is 11.6 Å². The zero-order chi connectivity index (χ0) is 17.2. The largest absolute Gasteiger partial charge is 0.289 e. The van der Waals surface area contributed by atoms with E-state index in [0.29, 0.717) is 53.6 Å². The van der Waals surface area contributed by atoms with Gasteiger partial charge in [-0.25, -0.2) is 0 Å². The quantitative estimate of drug-likeness (QED) is 0.173. The molecule has 0 unspecified atom stereocenters. The van der Waals surface area contributed by atoms with Crippen LogP contribution in [0.3, 0.4) is 0 Å². The van der Waals surface area contributed by atoms with Crippen LogP contribution in [0.2, 0.25) is 0 Å². The van der Waals surface area contributed by atoms with E-state index in [2.05, 4.69) is 112 Å². The monoisotopic (exact) mass is 753 g/mol. The molecule has 1 aliphatic rings. The number of ketones is 2. The third-order valence-electron chi connectivity index (χ3n) is 3.36. The fraction of sp³-hybridized carbons (Fsp3) is 0. The van der Waals surface area contributed by atoms with Gasteiger partial charge < -0.3 is 0 Å². The van der Waals surface area contributed by atoms with Gasteiger partial charge in [0.15, 0.2) is 11.6 Å². The topological polar surface area (TPSA) is 34.1 Å². The predicted molar refractivity (Wildman–Crippen MR) is 114 cm³/mol. The van der Waals surface area contributed by atoms with Crippen LogP contribution in [-0.2, 0) is 0 Å². The highest BCUT2D eigenvalue weighted by Crippen LogP contribution is 2.48. The Bertz CT molecular complexity index is 934. The van der Waals surface area contributed by atoms with E-state index in [1.165, 1.54) is 0 Å². The van der Waals surface area contributed by atoms with Crippen molar-refractivity contribution in [2.75, 3.05) is 0 Å². The Morgan fingerprint density at radius 3 is 1.48 bits per heavy atom. The first-order valence-corrected chi connectivity index (χ1v) is 11.4. The number of benzene rings is 2. The van der Waals surface area contributed by atoms with Crippen molar-refractivity contribution in [1.82, 2.24) is 0 Å². The van der Waals surface area contributed by atoms with Crippen LogP contribution in [0.15, 0.2) is 37.4 Å². The van der Waals surface area contributed by atoms with Crippen molar-refractivity contribution in [2.24, 2.45) is 0 Å². The molecule has 0 radical (unpaired) electrons. The molecule has 1 aliphatic carbocycles. The molecular formula is C14HBr7O2. The molecule has 23 heavy (non-hydrogen) atoms. The van der Waals surface area contributed by atoms with Gasteiger partial charge in [0.1, 0.15) is 0 Å². The number of carbonyl (C=O) groups is 2. The molecule has 0 spiro atoms. The molecule has 0 saturated carbocycles. The van der Waals surface area contributed by atoms with Crippen molar-refractivity contribution in [3.8, 4) is 0 Å². The Kier molecular flexibility index (Phi) is 5.51. The first kappa shape index (κ1) is 18.9. The molecule has 0 bridgehead atoms. The summed E-state index contributed by atoms with van der Waals surface area (Å²) in [5.41, 5.74) is 1.37. The molecule has 0 atom stereocenters. The summed E-state index contributed by atoms with van der Waals surface area (Å²) >= 11 is 23.9. The van der Waals surface area contributed by atoms with E-state index in [9.17, 15) is 9.59 Å². The molecule has 0 N–H and O–H groups in total. The molecule has 3 rings (SSSR count). The van der Waals surface area contributed by atoms with Crippen molar-refractivity contribution in [2.45, 2.75) is 0 Å². The predicted octanol–water partition coefficient (Wildman–Crippen LogP) is 7.80. The molecule has 0 saturated heterocycles. The van der Waals surface area contributed by atoms with Gasteiger partial charge in [-0.3, -0.25) is 9.59 Å². The van der Waals surface area contributed by atoms with E-state index in [4.69, 9.17) is 0 Å². The summed E-state index contributed by atoms with van der Waals surface area (Å²) in [7, 11) is 0. The second-order valence-electron chi connectivity index (χ2n) is 4.57. The highest BCUT2D eigenvalue weighted by molar-refractivity contribution is 9.15. The summed E-state index contributed by atoms with van der Waals surface area (Å²) in [6.07, 6.45) is 0. The molecular weight excluding hydrogens is 759 g/mol. The molecule has 2 aromatic rings. The van der Waals surface area contributed by atoms with Crippen LogP contribution in [0.1, 0.15) is 31.8 Å². The number of hydrogen-bond donors (Lipinski definition) is 0. The van der Waals surface area contributed by atoms with Crippen LogP contribution in [0, 0.1) is 0 Å². The van der Waals surface area contributed by atoms with E-state index in [0.717, 1.165) is 0 Å². The summed E-state index contributed by atoms with van der Waals surface area (Å²) in [5, 5.41) is 0. The van der Waals surface area contributed by atoms with Crippen molar-refractivity contribution >= 4 is 123 Å². The fourth-order valence-corrected chi connectivity index (χ4v) is 6.41. The lowest BCUT2D eigenvalue weighted by Gasteiger charge is -2.23. The summed E-state index contributed by atoms with van der Waals surface area (Å²) < 4.78 is 4.35. The van der Waals surface area contributed by atoms with E-state index >= 15 is 0 Å². The maximum absolute atomic E-state index is 13.1. The van der Waals surface area contributed by atoms with E-state index < -0.39 is 0 Å². The fourth-order valence-electron chi connectivity index (χ4n) is 2.31. The van der Waals surface area contributed by atoms with Crippen molar-refractivity contribution in [3.63, 3.8) is 0 Å². The minimum absolute atomic E-state index is 0.218. The highest BCUT2D eigenvalue weighted by atomic mass is 79.9. The van der Waals surface area contributed by atoms with E-state index in [1.807, 2.05) is 0 Å². The summed E-state index contributed by atoms with van der Waals surface area (Å²) in [6.45, 7) is 0. The van der Waals surface area contributed by atoms with Crippen LogP contribution >= 0.6 is 112 Å². The van der Waals surface area contributed by atoms with Crippen LogP contribution in [0.5, 0.6) is 0 Å². The summed E-state index contributed by atoms with van der Waals surface area (Å²) in [6, 6.07) is 1.66. The van der Waals surface area contributed by atoms with Crippen molar-refractivity contribution in [3.05, 3.63) is 59.6 Å². The van der Waals surface area contributed by atoms with Crippen LogP contribution in [0.25, 0.3) is 0 Å². The van der Waals surface area contributed by atoms with Gasteiger partial charge in [-0.2, -0.15) is 0 Å². The van der Waals surface area contributed by atoms with Gasteiger partial charge in [-0.05, 0) is 118 Å². The van der Waals surface area contributed by atoms with Gasteiger partial charge in [0.2, 0.25) is 0 Å². The number of halogens is 7. The molecule has 118 valence electrons. The highest BCUT2D eigenvalue weighted by Gasteiger charge is 2.37. The number of hydrogen-bond acceptors (Lipinski definition) is 2. The third-order valence-corrected chi connectivity index (χ3v) is 11.4. The van der Waals surface area contributed by atoms with Gasteiger partial charge in [0.05, 0.1) is 11.1 Å². The molecule has 0 aromatic heterocycles. The molecule has 0 fully saturated rings. The summed E-state index contributed by atoms with van der Waals surface area (Å²) in [4.78, 5) is 26.1. The Balaban J connectivity index is 2.48.